The first kappa shape index (κ1) is 9.01. The molecule has 3 N–H and O–H groups in total. The van der Waals surface area contributed by atoms with Gasteiger partial charge in [0.05, 0.1) is 6.07 Å². The van der Waals surface area contributed by atoms with Gasteiger partial charge in [0, 0.05) is 11.6 Å². The number of nitrogen functional groups attached to an aromatic ring is 1. The Morgan fingerprint density at radius 3 is 2.46 bits per heavy atom. The predicted molar refractivity (Wildman–Crippen MR) is 52.1 cm³/mol. The fourth-order valence-electron chi connectivity index (χ4n) is 0.907. The Labute approximate surface area is 76.6 Å². The second-order valence-electron chi connectivity index (χ2n) is 2.50. The van der Waals surface area contributed by atoms with Crippen LogP contribution in [-0.2, 0) is 0 Å². The number of nitrogens with two attached hydrogens (primary N) is 1. The molecule has 0 bridgehead atoms. The molecule has 0 radical (unpaired) electrons. The molecule has 1 rings (SSSR count). The Hall–Kier alpha value is -2.08. The van der Waals surface area contributed by atoms with Crippen molar-refractivity contribution in [1.29, 1.82) is 10.7 Å². The molecule has 13 heavy (non-hydrogen) atoms. The van der Waals surface area contributed by atoms with E-state index in [1.807, 2.05) is 18.2 Å². The first-order valence-corrected chi connectivity index (χ1v) is 3.74. The van der Waals surface area contributed by atoms with Crippen molar-refractivity contribution in [2.24, 2.45) is 5.73 Å². The largest absolute Gasteiger partial charge is 0.384 e. The molecule has 0 atom stereocenters. The van der Waals surface area contributed by atoms with Gasteiger partial charge in [-0.2, -0.15) is 5.26 Å². The molecule has 0 spiro atoms. The van der Waals surface area contributed by atoms with E-state index in [1.165, 1.54) is 6.08 Å². The van der Waals surface area contributed by atoms with Crippen LogP contribution in [0.4, 0.5) is 0 Å². The number of benzene rings is 1. The van der Waals surface area contributed by atoms with Crippen molar-refractivity contribution >= 4 is 11.9 Å². The lowest BCUT2D eigenvalue weighted by molar-refractivity contribution is 1.42. The van der Waals surface area contributed by atoms with Gasteiger partial charge in [0.2, 0.25) is 0 Å². The van der Waals surface area contributed by atoms with Crippen molar-refractivity contribution in [1.82, 2.24) is 0 Å². The van der Waals surface area contributed by atoms with E-state index in [-0.39, 0.29) is 5.84 Å². The summed E-state index contributed by atoms with van der Waals surface area (Å²) in [7, 11) is 0. The molecule has 0 aliphatic carbocycles. The zero-order chi connectivity index (χ0) is 9.68. The Kier molecular flexibility index (Phi) is 2.82. The number of nitriles is 1. The second-order valence-corrected chi connectivity index (χ2v) is 2.50. The van der Waals surface area contributed by atoms with E-state index in [1.54, 1.807) is 18.2 Å². The molecule has 3 heteroatoms. The Balaban J connectivity index is 2.89. The smallest absolute Gasteiger partial charge is 0.122 e. The summed E-state index contributed by atoms with van der Waals surface area (Å²) in [4.78, 5) is 0. The third-order valence-corrected chi connectivity index (χ3v) is 1.57. The Morgan fingerprint density at radius 2 is 2.00 bits per heavy atom. The van der Waals surface area contributed by atoms with Crippen molar-refractivity contribution in [3.05, 3.63) is 41.5 Å². The Morgan fingerprint density at radius 1 is 1.38 bits per heavy atom. The van der Waals surface area contributed by atoms with Crippen LogP contribution in [0.2, 0.25) is 0 Å². The standard InChI is InChI=1S/C10H9N3/c11-7-1-2-8-3-5-9(6-4-8)10(12)13/h1-6H,(H3,12,13). The lowest BCUT2D eigenvalue weighted by atomic mass is 10.1. The van der Waals surface area contributed by atoms with Gasteiger partial charge in [-0.3, -0.25) is 5.41 Å². The summed E-state index contributed by atoms with van der Waals surface area (Å²) in [5, 5.41) is 15.4. The van der Waals surface area contributed by atoms with Gasteiger partial charge in [-0.25, -0.2) is 0 Å². The summed E-state index contributed by atoms with van der Waals surface area (Å²) in [6.07, 6.45) is 3.10. The van der Waals surface area contributed by atoms with E-state index >= 15 is 0 Å². The first-order valence-electron chi connectivity index (χ1n) is 3.74. The Bertz CT molecular complexity index is 368. The van der Waals surface area contributed by atoms with Gasteiger partial charge in [-0.1, -0.05) is 24.3 Å². The minimum absolute atomic E-state index is 0.0517. The SMILES string of the molecule is N#CC=Cc1ccc(C(=N)N)cc1. The van der Waals surface area contributed by atoms with Gasteiger partial charge in [-0.05, 0) is 11.6 Å². The summed E-state index contributed by atoms with van der Waals surface area (Å²) in [5.41, 5.74) is 6.89. The summed E-state index contributed by atoms with van der Waals surface area (Å²) in [6, 6.07) is 9.03. The second kappa shape index (κ2) is 4.07. The van der Waals surface area contributed by atoms with Crippen LogP contribution in [0.5, 0.6) is 0 Å². The molecule has 0 aromatic heterocycles. The highest BCUT2D eigenvalue weighted by Crippen LogP contribution is 2.05. The molecule has 0 amide bonds. The minimum atomic E-state index is 0.0517. The lowest BCUT2D eigenvalue weighted by Crippen LogP contribution is -2.10. The average Bonchev–Trinajstić information content (AvgIpc) is 2.15. The van der Waals surface area contributed by atoms with Crippen molar-refractivity contribution in [3.8, 4) is 6.07 Å². The molecule has 0 aliphatic heterocycles. The van der Waals surface area contributed by atoms with Crippen LogP contribution in [0.15, 0.2) is 30.3 Å². The van der Waals surface area contributed by atoms with Crippen molar-refractivity contribution < 1.29 is 0 Å². The molecule has 0 saturated carbocycles. The molecular weight excluding hydrogens is 162 g/mol. The number of nitrogens with one attached hydrogen (secondary N) is 1. The van der Waals surface area contributed by atoms with Crippen molar-refractivity contribution in [2.45, 2.75) is 0 Å². The third kappa shape index (κ3) is 2.46. The fourth-order valence-corrected chi connectivity index (χ4v) is 0.907. The first-order chi connectivity index (χ1) is 6.24. The van der Waals surface area contributed by atoms with Crippen LogP contribution in [0.3, 0.4) is 0 Å². The molecule has 0 heterocycles. The molecule has 3 nitrogen and oxygen atoms in total. The summed E-state index contributed by atoms with van der Waals surface area (Å²) in [5.74, 6) is 0.0517. The van der Waals surface area contributed by atoms with Gasteiger partial charge >= 0.3 is 0 Å². The number of hydrogen-bond donors (Lipinski definition) is 2. The van der Waals surface area contributed by atoms with Crippen molar-refractivity contribution in [2.75, 3.05) is 0 Å². The molecule has 64 valence electrons. The summed E-state index contributed by atoms with van der Waals surface area (Å²) < 4.78 is 0. The maximum atomic E-state index is 8.28. The highest BCUT2D eigenvalue weighted by atomic mass is 14.7. The van der Waals surface area contributed by atoms with Gasteiger partial charge in [-0.15, -0.1) is 0 Å². The van der Waals surface area contributed by atoms with Gasteiger partial charge in [0.15, 0.2) is 0 Å². The van der Waals surface area contributed by atoms with Crippen LogP contribution >= 0.6 is 0 Å². The molecule has 1 aromatic rings. The molecule has 1 aromatic carbocycles. The van der Waals surface area contributed by atoms with Crippen LogP contribution in [0, 0.1) is 16.7 Å². The van der Waals surface area contributed by atoms with Crippen LogP contribution < -0.4 is 5.73 Å². The van der Waals surface area contributed by atoms with E-state index in [0.29, 0.717) is 5.56 Å². The highest BCUT2D eigenvalue weighted by Gasteiger charge is 1.93. The van der Waals surface area contributed by atoms with E-state index in [2.05, 4.69) is 0 Å². The van der Waals surface area contributed by atoms with E-state index < -0.39 is 0 Å². The van der Waals surface area contributed by atoms with Gasteiger partial charge in [0.25, 0.3) is 0 Å². The van der Waals surface area contributed by atoms with E-state index in [4.69, 9.17) is 16.4 Å². The van der Waals surface area contributed by atoms with Crippen LogP contribution in [-0.4, -0.2) is 5.84 Å². The maximum absolute atomic E-state index is 8.28. The molecule has 0 fully saturated rings. The van der Waals surface area contributed by atoms with E-state index in [0.717, 1.165) is 5.56 Å². The minimum Gasteiger partial charge on any atom is -0.384 e. The molecular formula is C10H9N3. The quantitative estimate of drug-likeness (QED) is 0.402. The van der Waals surface area contributed by atoms with Gasteiger partial charge in [0.1, 0.15) is 5.84 Å². The van der Waals surface area contributed by atoms with Crippen LogP contribution in [0.1, 0.15) is 11.1 Å². The van der Waals surface area contributed by atoms with E-state index in [9.17, 15) is 0 Å². The summed E-state index contributed by atoms with van der Waals surface area (Å²) >= 11 is 0. The number of nitrogens with zero attached hydrogens (tertiary/aromatic N) is 1. The normalized spacial score (nSPS) is 9.77. The predicted octanol–water partition coefficient (Wildman–Crippen LogP) is 1.51. The zero-order valence-electron chi connectivity index (χ0n) is 6.99. The highest BCUT2D eigenvalue weighted by molar-refractivity contribution is 5.95. The lowest BCUT2D eigenvalue weighted by Gasteiger charge is -1.97. The third-order valence-electron chi connectivity index (χ3n) is 1.57. The molecule has 0 aliphatic rings. The van der Waals surface area contributed by atoms with Gasteiger partial charge < -0.3 is 5.73 Å². The van der Waals surface area contributed by atoms with Crippen LogP contribution in [0.25, 0.3) is 6.08 Å². The number of amidine groups is 1. The monoisotopic (exact) mass is 171 g/mol. The number of hydrogen-bond acceptors (Lipinski definition) is 2. The maximum Gasteiger partial charge on any atom is 0.122 e. The number of allylic oxidation sites excluding steroid dienone is 1. The summed E-state index contributed by atoms with van der Waals surface area (Å²) in [6.45, 7) is 0. The average molecular weight is 171 g/mol. The fraction of sp³-hybridized carbons (Fsp3) is 0. The van der Waals surface area contributed by atoms with Crippen molar-refractivity contribution in [3.63, 3.8) is 0 Å². The molecule has 0 saturated heterocycles. The number of rotatable bonds is 2. The zero-order valence-corrected chi connectivity index (χ0v) is 6.99. The molecule has 0 unspecified atom stereocenters. The topological polar surface area (TPSA) is 73.7 Å².